The molecule has 3 rings (SSSR count). The molecule has 0 aliphatic heterocycles. The number of thioether (sulfide) groups is 1. The first-order valence-electron chi connectivity index (χ1n) is 13.9. The van der Waals surface area contributed by atoms with E-state index in [-0.39, 0.29) is 37.9 Å². The fourth-order valence-corrected chi connectivity index (χ4v) is 5.01. The number of nitrogens with one attached hydrogen (secondary N) is 4. The molecule has 0 spiro atoms. The molecule has 14 heteroatoms. The molecular formula is C30H37N5O8S. The normalized spacial score (nSPS) is 13.8. The second-order valence-corrected chi connectivity index (χ2v) is 11.3. The molecule has 1 heterocycles. The highest BCUT2D eigenvalue weighted by atomic mass is 32.2. The van der Waals surface area contributed by atoms with Crippen LogP contribution in [0.25, 0.3) is 10.9 Å². The molecule has 3 amide bonds. The fraction of sp³-hybridized carbons (Fsp3) is 0.367. The van der Waals surface area contributed by atoms with Crippen LogP contribution in [-0.4, -0.2) is 86.1 Å². The maximum atomic E-state index is 13.5. The maximum absolute atomic E-state index is 13.5. The zero-order valence-electron chi connectivity index (χ0n) is 24.1. The SMILES string of the molecule is CSCCC(NC(=O)C(Cc1ccc(O)cc1)NC(=O)C(N)CCC(=O)O)C(=O)NC(Cc1c[nH]c2ccccc12)C(=O)O. The Morgan fingerprint density at radius 2 is 1.48 bits per heavy atom. The van der Waals surface area contributed by atoms with Gasteiger partial charge in [-0.25, -0.2) is 4.79 Å². The molecular weight excluding hydrogens is 590 g/mol. The van der Waals surface area contributed by atoms with Gasteiger partial charge in [0.1, 0.15) is 23.9 Å². The summed E-state index contributed by atoms with van der Waals surface area (Å²) >= 11 is 1.43. The second-order valence-electron chi connectivity index (χ2n) is 10.3. The summed E-state index contributed by atoms with van der Waals surface area (Å²) in [6.45, 7) is 0. The standard InChI is InChI=1S/C30H37N5O8S/c1-44-13-12-23(28(40)35-25(30(42)43)15-18-16-32-22-5-3-2-4-20(18)22)33-29(41)24(14-17-6-8-19(36)9-7-17)34-27(39)21(31)10-11-26(37)38/h2-9,16,21,23-25,32,36H,10-15,31H2,1H3,(H,33,41)(H,34,39)(H,35,40)(H,37,38)(H,42,43). The number of benzene rings is 2. The number of aromatic hydroxyl groups is 1. The zero-order chi connectivity index (χ0) is 32.2. The molecule has 9 N–H and O–H groups in total. The van der Waals surface area contributed by atoms with Gasteiger partial charge >= 0.3 is 11.9 Å². The van der Waals surface area contributed by atoms with Crippen molar-refractivity contribution in [1.82, 2.24) is 20.9 Å². The highest BCUT2D eigenvalue weighted by Crippen LogP contribution is 2.19. The molecule has 0 fully saturated rings. The number of carboxylic acid groups (broad SMARTS) is 2. The monoisotopic (exact) mass is 627 g/mol. The summed E-state index contributed by atoms with van der Waals surface area (Å²) in [6.07, 6.45) is 3.17. The van der Waals surface area contributed by atoms with E-state index in [1.807, 2.05) is 30.5 Å². The Bertz CT molecular complexity index is 1460. The third-order valence-electron chi connectivity index (χ3n) is 6.97. The Labute approximate surface area is 258 Å². The molecule has 13 nitrogen and oxygen atoms in total. The van der Waals surface area contributed by atoms with Gasteiger partial charge in [0.05, 0.1) is 6.04 Å². The number of phenols is 1. The van der Waals surface area contributed by atoms with E-state index in [9.17, 15) is 34.2 Å². The molecule has 4 atom stereocenters. The van der Waals surface area contributed by atoms with Crippen molar-refractivity contribution in [2.24, 2.45) is 5.73 Å². The van der Waals surface area contributed by atoms with Crippen LogP contribution >= 0.6 is 11.8 Å². The van der Waals surface area contributed by atoms with Crippen LogP contribution in [-0.2, 0) is 36.8 Å². The molecule has 0 aliphatic carbocycles. The maximum Gasteiger partial charge on any atom is 0.326 e. The summed E-state index contributed by atoms with van der Waals surface area (Å²) in [5, 5.41) is 37.0. The van der Waals surface area contributed by atoms with Gasteiger partial charge in [0.15, 0.2) is 0 Å². The van der Waals surface area contributed by atoms with Crippen molar-refractivity contribution >= 4 is 52.3 Å². The van der Waals surface area contributed by atoms with Crippen molar-refractivity contribution in [2.45, 2.75) is 56.3 Å². The van der Waals surface area contributed by atoms with Crippen molar-refractivity contribution in [2.75, 3.05) is 12.0 Å². The summed E-state index contributed by atoms with van der Waals surface area (Å²) in [5.74, 6) is -4.07. The topological polar surface area (TPSA) is 224 Å². The van der Waals surface area contributed by atoms with E-state index < -0.39 is 53.8 Å². The largest absolute Gasteiger partial charge is 0.508 e. The van der Waals surface area contributed by atoms with Gasteiger partial charge in [-0.1, -0.05) is 30.3 Å². The minimum absolute atomic E-state index is 0.00203. The molecule has 0 aliphatic rings. The smallest absolute Gasteiger partial charge is 0.326 e. The number of rotatable bonds is 17. The number of amides is 3. The zero-order valence-corrected chi connectivity index (χ0v) is 24.9. The first-order chi connectivity index (χ1) is 21.0. The van der Waals surface area contributed by atoms with E-state index in [0.29, 0.717) is 16.9 Å². The molecule has 0 saturated heterocycles. The van der Waals surface area contributed by atoms with E-state index >= 15 is 0 Å². The Morgan fingerprint density at radius 3 is 2.14 bits per heavy atom. The molecule has 2 aromatic carbocycles. The van der Waals surface area contributed by atoms with E-state index in [4.69, 9.17) is 10.8 Å². The lowest BCUT2D eigenvalue weighted by atomic mass is 10.0. The minimum Gasteiger partial charge on any atom is -0.508 e. The third kappa shape index (κ3) is 10.0. The average Bonchev–Trinajstić information content (AvgIpc) is 3.40. The summed E-state index contributed by atoms with van der Waals surface area (Å²) in [5.41, 5.74) is 7.96. The molecule has 44 heavy (non-hydrogen) atoms. The molecule has 0 saturated carbocycles. The van der Waals surface area contributed by atoms with Crippen LogP contribution < -0.4 is 21.7 Å². The Kier molecular flexibility index (Phi) is 12.6. The van der Waals surface area contributed by atoms with Gasteiger partial charge in [0.2, 0.25) is 17.7 Å². The van der Waals surface area contributed by atoms with Gasteiger partial charge in [0.25, 0.3) is 0 Å². The number of aromatic nitrogens is 1. The van der Waals surface area contributed by atoms with Gasteiger partial charge in [-0.05, 0) is 54.2 Å². The summed E-state index contributed by atoms with van der Waals surface area (Å²) in [4.78, 5) is 65.8. The molecule has 0 bridgehead atoms. The lowest BCUT2D eigenvalue weighted by Crippen LogP contribution is -2.58. The summed E-state index contributed by atoms with van der Waals surface area (Å²) in [6, 6.07) is 8.51. The highest BCUT2D eigenvalue weighted by molar-refractivity contribution is 7.98. The van der Waals surface area contributed by atoms with Crippen LogP contribution in [0.5, 0.6) is 5.75 Å². The first kappa shape index (κ1) is 33.9. The van der Waals surface area contributed by atoms with Crippen LogP contribution in [0, 0.1) is 0 Å². The number of hydrogen-bond acceptors (Lipinski definition) is 8. The van der Waals surface area contributed by atoms with Crippen molar-refractivity contribution < 1.29 is 39.3 Å². The van der Waals surface area contributed by atoms with Gasteiger partial charge in [-0.15, -0.1) is 0 Å². The van der Waals surface area contributed by atoms with Crippen LogP contribution in [0.2, 0.25) is 0 Å². The van der Waals surface area contributed by atoms with Crippen LogP contribution in [0.4, 0.5) is 0 Å². The van der Waals surface area contributed by atoms with Gasteiger partial charge in [-0.2, -0.15) is 11.8 Å². The number of aliphatic carboxylic acids is 2. The van der Waals surface area contributed by atoms with Crippen LogP contribution in [0.1, 0.15) is 30.4 Å². The Hall–Kier alpha value is -4.56. The van der Waals surface area contributed by atoms with E-state index in [1.54, 1.807) is 18.3 Å². The van der Waals surface area contributed by atoms with Gasteiger partial charge in [0, 0.05) is 36.4 Å². The number of carbonyl (C=O) groups excluding carboxylic acids is 3. The lowest BCUT2D eigenvalue weighted by molar-refractivity contribution is -0.142. The fourth-order valence-electron chi connectivity index (χ4n) is 4.54. The van der Waals surface area contributed by atoms with E-state index in [1.165, 1.54) is 23.9 Å². The molecule has 0 radical (unpaired) electrons. The molecule has 236 valence electrons. The van der Waals surface area contributed by atoms with Crippen molar-refractivity contribution in [1.29, 1.82) is 0 Å². The number of carbonyl (C=O) groups is 5. The van der Waals surface area contributed by atoms with Crippen LogP contribution in [0.15, 0.2) is 54.7 Å². The number of fused-ring (bicyclic) bond motifs is 1. The van der Waals surface area contributed by atoms with Crippen molar-refractivity contribution in [3.05, 3.63) is 65.9 Å². The average molecular weight is 628 g/mol. The molecule has 1 aromatic heterocycles. The third-order valence-corrected chi connectivity index (χ3v) is 7.62. The Balaban J connectivity index is 1.77. The second kappa shape index (κ2) is 16.3. The number of phenolic OH excluding ortho intramolecular Hbond substituents is 1. The molecule has 4 unspecified atom stereocenters. The Morgan fingerprint density at radius 1 is 0.841 bits per heavy atom. The number of carboxylic acids is 2. The minimum atomic E-state index is -1.28. The van der Waals surface area contributed by atoms with Crippen molar-refractivity contribution in [3.8, 4) is 5.75 Å². The van der Waals surface area contributed by atoms with Crippen molar-refractivity contribution in [3.63, 3.8) is 0 Å². The summed E-state index contributed by atoms with van der Waals surface area (Å²) in [7, 11) is 0. The summed E-state index contributed by atoms with van der Waals surface area (Å²) < 4.78 is 0. The van der Waals surface area contributed by atoms with E-state index in [0.717, 1.165) is 10.9 Å². The molecule has 3 aromatic rings. The number of nitrogens with two attached hydrogens (primary N) is 1. The first-order valence-corrected chi connectivity index (χ1v) is 15.3. The van der Waals surface area contributed by atoms with Crippen LogP contribution in [0.3, 0.4) is 0 Å². The number of aromatic amines is 1. The van der Waals surface area contributed by atoms with E-state index in [2.05, 4.69) is 20.9 Å². The number of para-hydroxylation sites is 1. The number of hydrogen-bond donors (Lipinski definition) is 8. The quantitative estimate of drug-likeness (QED) is 0.107. The lowest BCUT2D eigenvalue weighted by Gasteiger charge is -2.25. The predicted octanol–water partition coefficient (Wildman–Crippen LogP) is 1.14. The number of H-pyrrole nitrogens is 1. The van der Waals surface area contributed by atoms with Gasteiger partial charge < -0.3 is 42.0 Å². The van der Waals surface area contributed by atoms with Gasteiger partial charge in [-0.3, -0.25) is 19.2 Å². The highest BCUT2D eigenvalue weighted by Gasteiger charge is 2.31. The predicted molar refractivity (Wildman–Crippen MR) is 165 cm³/mol.